The Hall–Kier alpha value is -0.610. The normalized spacial score (nSPS) is 9.31. The van der Waals surface area contributed by atoms with E-state index in [0.29, 0.717) is 0 Å². The summed E-state index contributed by atoms with van der Waals surface area (Å²) in [5, 5.41) is 0. The minimum absolute atomic E-state index is 0. The van der Waals surface area contributed by atoms with Gasteiger partial charge >= 0.3 is 0 Å². The van der Waals surface area contributed by atoms with E-state index in [9.17, 15) is 0 Å². The summed E-state index contributed by atoms with van der Waals surface area (Å²) in [5.41, 5.74) is 1.10. The monoisotopic (exact) mass is 302 g/mol. The number of hydrogen-bond donors (Lipinski definition) is 1. The van der Waals surface area contributed by atoms with Crippen molar-refractivity contribution in [2.75, 3.05) is 0 Å². The molecule has 13 heavy (non-hydrogen) atoms. The fraction of sp³-hybridized carbons (Fsp3) is 0. The first-order valence-electron chi connectivity index (χ1n) is 3.61. The number of H-pyrrole nitrogens is 1. The number of nitrogens with zero attached hydrogens (tertiary/aromatic N) is 1. The SMILES string of the molecule is Br.Brc1ccc(-c2ncc[nH]2)cc1. The molecule has 0 saturated carbocycles. The predicted molar refractivity (Wildman–Crippen MR) is 62.0 cm³/mol. The molecule has 0 spiro atoms. The van der Waals surface area contributed by atoms with Gasteiger partial charge in [-0.3, -0.25) is 0 Å². The van der Waals surface area contributed by atoms with Crippen LogP contribution in [0.4, 0.5) is 0 Å². The number of benzene rings is 1. The first-order chi connectivity index (χ1) is 5.86. The quantitative estimate of drug-likeness (QED) is 0.859. The molecule has 2 aromatic rings. The number of nitrogens with one attached hydrogen (secondary N) is 1. The van der Waals surface area contributed by atoms with E-state index in [4.69, 9.17) is 0 Å². The van der Waals surface area contributed by atoms with E-state index in [2.05, 4.69) is 25.9 Å². The molecule has 0 atom stereocenters. The Morgan fingerprint density at radius 1 is 1.15 bits per heavy atom. The minimum atomic E-state index is 0. The van der Waals surface area contributed by atoms with Crippen LogP contribution in [0.3, 0.4) is 0 Å². The number of aromatic nitrogens is 2. The lowest BCUT2D eigenvalue weighted by Crippen LogP contribution is -1.78. The fourth-order valence-corrected chi connectivity index (χ4v) is 1.30. The van der Waals surface area contributed by atoms with Gasteiger partial charge in [0.15, 0.2) is 0 Å². The Morgan fingerprint density at radius 3 is 2.38 bits per heavy atom. The highest BCUT2D eigenvalue weighted by atomic mass is 79.9. The molecule has 1 N–H and O–H groups in total. The molecule has 1 aromatic heterocycles. The summed E-state index contributed by atoms with van der Waals surface area (Å²) in [7, 11) is 0. The first kappa shape index (κ1) is 10.5. The molecule has 0 aliphatic rings. The average molecular weight is 304 g/mol. The van der Waals surface area contributed by atoms with Crippen LogP contribution in [0.25, 0.3) is 11.4 Å². The van der Waals surface area contributed by atoms with Crippen molar-refractivity contribution in [2.24, 2.45) is 0 Å². The summed E-state index contributed by atoms with van der Waals surface area (Å²) in [5.74, 6) is 0.905. The van der Waals surface area contributed by atoms with Crippen LogP contribution in [0, 0.1) is 0 Å². The molecule has 0 aliphatic carbocycles. The highest BCUT2D eigenvalue weighted by molar-refractivity contribution is 9.10. The Labute approximate surface area is 95.3 Å². The zero-order chi connectivity index (χ0) is 8.39. The van der Waals surface area contributed by atoms with Gasteiger partial charge in [-0.1, -0.05) is 28.1 Å². The number of rotatable bonds is 1. The molecule has 68 valence electrons. The molecule has 2 rings (SSSR count). The van der Waals surface area contributed by atoms with E-state index >= 15 is 0 Å². The number of halogens is 2. The molecule has 1 heterocycles. The van der Waals surface area contributed by atoms with Crippen LogP contribution < -0.4 is 0 Å². The van der Waals surface area contributed by atoms with Crippen LogP contribution in [0.2, 0.25) is 0 Å². The third-order valence-corrected chi connectivity index (χ3v) is 2.14. The van der Waals surface area contributed by atoms with E-state index in [0.717, 1.165) is 15.9 Å². The molecule has 0 saturated heterocycles. The van der Waals surface area contributed by atoms with E-state index in [1.807, 2.05) is 30.5 Å². The van der Waals surface area contributed by atoms with E-state index in [-0.39, 0.29) is 17.0 Å². The summed E-state index contributed by atoms with van der Waals surface area (Å²) in [6.45, 7) is 0. The largest absolute Gasteiger partial charge is 0.345 e. The Morgan fingerprint density at radius 2 is 1.85 bits per heavy atom. The highest BCUT2D eigenvalue weighted by Gasteiger charge is 1.97. The van der Waals surface area contributed by atoms with E-state index in [1.54, 1.807) is 6.20 Å². The maximum atomic E-state index is 4.15. The standard InChI is InChI=1S/C9H7BrN2.BrH/c10-8-3-1-7(2-4-8)9-11-5-6-12-9;/h1-6H,(H,11,12);1H. The number of imidazole rings is 1. The average Bonchev–Trinajstić information content (AvgIpc) is 2.58. The van der Waals surface area contributed by atoms with Gasteiger partial charge in [0.25, 0.3) is 0 Å². The van der Waals surface area contributed by atoms with Crippen LogP contribution in [0.1, 0.15) is 0 Å². The van der Waals surface area contributed by atoms with Gasteiger partial charge < -0.3 is 4.98 Å². The Bertz CT molecular complexity index is 354. The Kier molecular flexibility index (Phi) is 3.69. The lowest BCUT2D eigenvalue weighted by atomic mass is 10.2. The summed E-state index contributed by atoms with van der Waals surface area (Å²) >= 11 is 3.38. The fourth-order valence-electron chi connectivity index (χ4n) is 1.03. The van der Waals surface area contributed by atoms with Gasteiger partial charge in [0.2, 0.25) is 0 Å². The molecule has 0 aliphatic heterocycles. The zero-order valence-corrected chi connectivity index (χ0v) is 10.00. The van der Waals surface area contributed by atoms with Gasteiger partial charge in [0.1, 0.15) is 5.82 Å². The van der Waals surface area contributed by atoms with E-state index < -0.39 is 0 Å². The molecule has 0 amide bonds. The molecule has 0 radical (unpaired) electrons. The van der Waals surface area contributed by atoms with Crippen molar-refractivity contribution in [3.05, 3.63) is 41.1 Å². The summed E-state index contributed by atoms with van der Waals surface area (Å²) in [6, 6.07) is 8.03. The van der Waals surface area contributed by atoms with Crippen molar-refractivity contribution in [1.29, 1.82) is 0 Å². The predicted octanol–water partition coefficient (Wildman–Crippen LogP) is 3.42. The molecule has 0 bridgehead atoms. The van der Waals surface area contributed by atoms with Crippen molar-refractivity contribution < 1.29 is 0 Å². The summed E-state index contributed by atoms with van der Waals surface area (Å²) in [4.78, 5) is 7.19. The lowest BCUT2D eigenvalue weighted by molar-refractivity contribution is 1.31. The van der Waals surface area contributed by atoms with Crippen molar-refractivity contribution in [1.82, 2.24) is 9.97 Å². The first-order valence-corrected chi connectivity index (χ1v) is 4.41. The molecule has 1 aromatic carbocycles. The second kappa shape index (κ2) is 4.58. The van der Waals surface area contributed by atoms with Crippen molar-refractivity contribution >= 4 is 32.9 Å². The third kappa shape index (κ3) is 2.42. The van der Waals surface area contributed by atoms with E-state index in [1.165, 1.54) is 0 Å². The molecular formula is C9H8Br2N2. The van der Waals surface area contributed by atoms with Crippen LogP contribution in [0.15, 0.2) is 41.1 Å². The molecular weight excluding hydrogens is 296 g/mol. The van der Waals surface area contributed by atoms with Crippen molar-refractivity contribution in [3.8, 4) is 11.4 Å². The third-order valence-electron chi connectivity index (χ3n) is 1.62. The van der Waals surface area contributed by atoms with Gasteiger partial charge in [-0.2, -0.15) is 0 Å². The zero-order valence-electron chi connectivity index (χ0n) is 6.70. The van der Waals surface area contributed by atoms with Crippen LogP contribution in [-0.2, 0) is 0 Å². The maximum Gasteiger partial charge on any atom is 0.137 e. The summed E-state index contributed by atoms with van der Waals surface area (Å²) in [6.07, 6.45) is 3.56. The van der Waals surface area contributed by atoms with Crippen LogP contribution in [0.5, 0.6) is 0 Å². The van der Waals surface area contributed by atoms with Gasteiger partial charge in [-0.05, 0) is 12.1 Å². The second-order valence-electron chi connectivity index (χ2n) is 2.44. The molecule has 0 fully saturated rings. The topological polar surface area (TPSA) is 28.7 Å². The lowest BCUT2D eigenvalue weighted by Gasteiger charge is -1.95. The number of aromatic amines is 1. The maximum absolute atomic E-state index is 4.15. The Balaban J connectivity index is 0.000000845. The van der Waals surface area contributed by atoms with Crippen molar-refractivity contribution in [2.45, 2.75) is 0 Å². The van der Waals surface area contributed by atoms with Crippen molar-refractivity contribution in [3.63, 3.8) is 0 Å². The molecule has 4 heteroatoms. The summed E-state index contributed by atoms with van der Waals surface area (Å²) < 4.78 is 1.08. The van der Waals surface area contributed by atoms with Gasteiger partial charge in [-0.25, -0.2) is 4.98 Å². The van der Waals surface area contributed by atoms with Crippen LogP contribution in [-0.4, -0.2) is 9.97 Å². The second-order valence-corrected chi connectivity index (χ2v) is 3.36. The van der Waals surface area contributed by atoms with Gasteiger partial charge in [-0.15, -0.1) is 17.0 Å². The minimum Gasteiger partial charge on any atom is -0.345 e. The van der Waals surface area contributed by atoms with Crippen LogP contribution >= 0.6 is 32.9 Å². The van der Waals surface area contributed by atoms with Gasteiger partial charge in [0.05, 0.1) is 0 Å². The molecule has 2 nitrogen and oxygen atoms in total. The highest BCUT2D eigenvalue weighted by Crippen LogP contribution is 2.17. The number of hydrogen-bond acceptors (Lipinski definition) is 1. The molecule has 0 unspecified atom stereocenters. The smallest absolute Gasteiger partial charge is 0.137 e. The van der Waals surface area contributed by atoms with Gasteiger partial charge in [0, 0.05) is 22.4 Å².